The highest BCUT2D eigenvalue weighted by atomic mass is 16.5. The molecule has 2 rings (SSSR count). The van der Waals surface area contributed by atoms with E-state index in [4.69, 9.17) is 15.2 Å². The van der Waals surface area contributed by atoms with Crippen molar-refractivity contribution >= 4 is 11.8 Å². The number of benzene rings is 1. The highest BCUT2D eigenvalue weighted by Crippen LogP contribution is 2.19. The second-order valence-electron chi connectivity index (χ2n) is 4.55. The molecule has 0 saturated heterocycles. The minimum absolute atomic E-state index is 0.169. The Bertz CT molecular complexity index is 632. The van der Waals surface area contributed by atoms with Crippen LogP contribution in [-0.2, 0) is 11.3 Å². The molecule has 0 radical (unpaired) electrons. The number of ether oxygens (including phenoxy) is 2. The van der Waals surface area contributed by atoms with Crippen molar-refractivity contribution in [2.45, 2.75) is 20.4 Å². The van der Waals surface area contributed by atoms with Crippen molar-refractivity contribution in [3.63, 3.8) is 0 Å². The summed E-state index contributed by atoms with van der Waals surface area (Å²) in [6.45, 7) is 4.38. The van der Waals surface area contributed by atoms with E-state index in [-0.39, 0.29) is 5.69 Å². The normalized spacial score (nSPS) is 10.4. The third-order valence-electron chi connectivity index (χ3n) is 3.17. The smallest absolute Gasteiger partial charge is 0.360 e. The van der Waals surface area contributed by atoms with Gasteiger partial charge in [-0.3, -0.25) is 0 Å². The number of nitrogen functional groups attached to an aromatic ring is 1. The van der Waals surface area contributed by atoms with Crippen LogP contribution < -0.4 is 10.5 Å². The number of carbonyl (C=O) groups is 1. The van der Waals surface area contributed by atoms with Crippen molar-refractivity contribution < 1.29 is 14.3 Å². The molecule has 0 amide bonds. The Morgan fingerprint density at radius 2 is 2.00 bits per heavy atom. The van der Waals surface area contributed by atoms with Gasteiger partial charge in [-0.1, -0.05) is 12.1 Å². The summed E-state index contributed by atoms with van der Waals surface area (Å²) < 4.78 is 11.9. The van der Waals surface area contributed by atoms with Crippen LogP contribution in [0.25, 0.3) is 0 Å². The first-order chi connectivity index (χ1) is 10.1. The summed E-state index contributed by atoms with van der Waals surface area (Å²) in [5, 5.41) is 0. The van der Waals surface area contributed by atoms with Crippen LogP contribution in [0.4, 0.5) is 5.82 Å². The highest BCUT2D eigenvalue weighted by Gasteiger charge is 2.19. The lowest BCUT2D eigenvalue weighted by atomic mass is 10.2. The molecule has 1 aromatic heterocycles. The van der Waals surface area contributed by atoms with E-state index in [0.29, 0.717) is 24.8 Å². The summed E-state index contributed by atoms with van der Waals surface area (Å²) in [6, 6.07) is 7.65. The van der Waals surface area contributed by atoms with Gasteiger partial charge in [0.05, 0.1) is 20.3 Å². The Balaban J connectivity index is 2.25. The first-order valence-electron chi connectivity index (χ1n) is 6.69. The number of aromatic nitrogens is 2. The average Bonchev–Trinajstić information content (AvgIpc) is 2.76. The van der Waals surface area contributed by atoms with Gasteiger partial charge in [0.1, 0.15) is 17.4 Å². The van der Waals surface area contributed by atoms with Crippen molar-refractivity contribution in [2.75, 3.05) is 19.5 Å². The molecule has 0 aliphatic heterocycles. The van der Waals surface area contributed by atoms with Gasteiger partial charge in [0.2, 0.25) is 0 Å². The van der Waals surface area contributed by atoms with E-state index in [0.717, 1.165) is 11.3 Å². The number of hydrogen-bond donors (Lipinski definition) is 1. The SMILES string of the molecule is CCOC(=O)c1nc(C)n(Cc2ccc(OC)cc2)c1N. The Labute approximate surface area is 123 Å². The molecule has 0 spiro atoms. The zero-order valence-electron chi connectivity index (χ0n) is 12.4. The van der Waals surface area contributed by atoms with Crippen LogP contribution in [0.3, 0.4) is 0 Å². The first-order valence-corrected chi connectivity index (χ1v) is 6.69. The van der Waals surface area contributed by atoms with Crippen LogP contribution >= 0.6 is 0 Å². The maximum Gasteiger partial charge on any atom is 0.360 e. The molecule has 2 N–H and O–H groups in total. The zero-order valence-corrected chi connectivity index (χ0v) is 12.4. The van der Waals surface area contributed by atoms with E-state index in [1.807, 2.05) is 31.2 Å². The molecule has 0 bridgehead atoms. The van der Waals surface area contributed by atoms with Crippen LogP contribution in [0, 0.1) is 6.92 Å². The molecule has 1 heterocycles. The fourth-order valence-electron chi connectivity index (χ4n) is 2.04. The molecule has 21 heavy (non-hydrogen) atoms. The number of nitrogens with two attached hydrogens (primary N) is 1. The Kier molecular flexibility index (Phi) is 4.47. The van der Waals surface area contributed by atoms with Crippen molar-refractivity contribution in [1.82, 2.24) is 9.55 Å². The molecule has 0 unspecified atom stereocenters. The molecule has 0 atom stereocenters. The van der Waals surface area contributed by atoms with Crippen molar-refractivity contribution in [3.8, 4) is 5.75 Å². The van der Waals surface area contributed by atoms with Crippen molar-refractivity contribution in [1.29, 1.82) is 0 Å². The Morgan fingerprint density at radius 1 is 1.33 bits per heavy atom. The maximum atomic E-state index is 11.8. The second kappa shape index (κ2) is 6.30. The van der Waals surface area contributed by atoms with E-state index < -0.39 is 5.97 Å². The van der Waals surface area contributed by atoms with E-state index in [9.17, 15) is 4.79 Å². The lowest BCUT2D eigenvalue weighted by molar-refractivity contribution is 0.0521. The van der Waals surface area contributed by atoms with Crippen molar-refractivity contribution in [2.24, 2.45) is 0 Å². The molecule has 2 aromatic rings. The number of rotatable bonds is 5. The molecule has 0 fully saturated rings. The van der Waals surface area contributed by atoms with Gasteiger partial charge in [-0.2, -0.15) is 0 Å². The molecule has 0 aliphatic carbocycles. The monoisotopic (exact) mass is 289 g/mol. The quantitative estimate of drug-likeness (QED) is 0.852. The predicted octanol–water partition coefficient (Wildman–Crippen LogP) is 2.01. The standard InChI is InChI=1S/C15H19N3O3/c1-4-21-15(19)13-14(16)18(10(2)17-13)9-11-5-7-12(20-3)8-6-11/h5-8H,4,9,16H2,1-3H3. The van der Waals surface area contributed by atoms with E-state index in [1.54, 1.807) is 18.6 Å². The van der Waals surface area contributed by atoms with Gasteiger partial charge in [-0.25, -0.2) is 9.78 Å². The van der Waals surface area contributed by atoms with Gasteiger partial charge < -0.3 is 19.8 Å². The zero-order chi connectivity index (χ0) is 15.4. The minimum atomic E-state index is -0.494. The molecule has 6 heteroatoms. The number of anilines is 1. The molecular weight excluding hydrogens is 270 g/mol. The van der Waals surface area contributed by atoms with E-state index in [2.05, 4.69) is 4.98 Å². The topological polar surface area (TPSA) is 79.4 Å². The maximum absolute atomic E-state index is 11.8. The summed E-state index contributed by atoms with van der Waals surface area (Å²) in [7, 11) is 1.62. The van der Waals surface area contributed by atoms with Crippen LogP contribution in [-0.4, -0.2) is 29.2 Å². The number of aryl methyl sites for hydroxylation is 1. The van der Waals surface area contributed by atoms with Crippen LogP contribution in [0.2, 0.25) is 0 Å². The van der Waals surface area contributed by atoms with Gasteiger partial charge in [-0.15, -0.1) is 0 Å². The van der Waals surface area contributed by atoms with Crippen LogP contribution in [0.5, 0.6) is 5.75 Å². The highest BCUT2D eigenvalue weighted by molar-refractivity contribution is 5.92. The number of nitrogens with zero attached hydrogens (tertiary/aromatic N) is 2. The van der Waals surface area contributed by atoms with E-state index in [1.165, 1.54) is 0 Å². The summed E-state index contributed by atoms with van der Waals surface area (Å²) in [6.07, 6.45) is 0. The number of imidazole rings is 1. The Morgan fingerprint density at radius 3 is 2.57 bits per heavy atom. The third kappa shape index (κ3) is 3.16. The fourth-order valence-corrected chi connectivity index (χ4v) is 2.04. The largest absolute Gasteiger partial charge is 0.497 e. The summed E-state index contributed by atoms with van der Waals surface area (Å²) in [5.41, 5.74) is 7.22. The van der Waals surface area contributed by atoms with Gasteiger partial charge >= 0.3 is 5.97 Å². The predicted molar refractivity (Wildman–Crippen MR) is 79.4 cm³/mol. The average molecular weight is 289 g/mol. The van der Waals surface area contributed by atoms with Gasteiger partial charge in [0, 0.05) is 0 Å². The third-order valence-corrected chi connectivity index (χ3v) is 3.17. The second-order valence-corrected chi connectivity index (χ2v) is 4.55. The number of carbonyl (C=O) groups excluding carboxylic acids is 1. The van der Waals surface area contributed by atoms with Gasteiger partial charge in [-0.05, 0) is 31.5 Å². The number of methoxy groups -OCH3 is 1. The van der Waals surface area contributed by atoms with Crippen LogP contribution in [0.15, 0.2) is 24.3 Å². The van der Waals surface area contributed by atoms with Crippen LogP contribution in [0.1, 0.15) is 28.8 Å². The number of hydrogen-bond acceptors (Lipinski definition) is 5. The first kappa shape index (κ1) is 14.9. The van der Waals surface area contributed by atoms with E-state index >= 15 is 0 Å². The molecule has 0 aliphatic rings. The fraction of sp³-hybridized carbons (Fsp3) is 0.333. The lowest BCUT2D eigenvalue weighted by Crippen LogP contribution is -2.10. The lowest BCUT2D eigenvalue weighted by Gasteiger charge is -2.08. The summed E-state index contributed by atoms with van der Waals surface area (Å²) >= 11 is 0. The molecular formula is C15H19N3O3. The van der Waals surface area contributed by atoms with Gasteiger partial charge in [0.15, 0.2) is 5.69 Å². The van der Waals surface area contributed by atoms with Crippen molar-refractivity contribution in [3.05, 3.63) is 41.3 Å². The molecule has 112 valence electrons. The van der Waals surface area contributed by atoms with Gasteiger partial charge in [0.25, 0.3) is 0 Å². The molecule has 1 aromatic carbocycles. The Hall–Kier alpha value is -2.50. The summed E-state index contributed by atoms with van der Waals surface area (Å²) in [4.78, 5) is 16.0. The minimum Gasteiger partial charge on any atom is -0.497 e. The number of esters is 1. The molecule has 0 saturated carbocycles. The summed E-state index contributed by atoms with van der Waals surface area (Å²) in [5.74, 6) is 1.29. The molecule has 6 nitrogen and oxygen atoms in total.